The van der Waals surface area contributed by atoms with E-state index < -0.39 is 0 Å². The Balaban J connectivity index is 0. The van der Waals surface area contributed by atoms with Crippen LogP contribution in [0.25, 0.3) is 0 Å². The smallest absolute Gasteiger partial charge is 0.307 e. The fourth-order valence-corrected chi connectivity index (χ4v) is 0.790. The van der Waals surface area contributed by atoms with E-state index in [2.05, 4.69) is 10.1 Å². The molecular formula is C9H19ClN2O3. The highest BCUT2D eigenvalue weighted by Gasteiger charge is 2.16. The predicted molar refractivity (Wildman–Crippen MR) is 59.7 cm³/mol. The Bertz CT molecular complexity index is 210. The summed E-state index contributed by atoms with van der Waals surface area (Å²) in [5.74, 6) is -0.713. The van der Waals surface area contributed by atoms with Crippen molar-refractivity contribution in [3.8, 4) is 0 Å². The quantitative estimate of drug-likeness (QED) is 0.665. The maximum atomic E-state index is 11.3. The number of nitrogens with two attached hydrogens (primary N) is 1. The van der Waals surface area contributed by atoms with Crippen LogP contribution in [0.5, 0.6) is 0 Å². The molecule has 0 aliphatic heterocycles. The van der Waals surface area contributed by atoms with E-state index >= 15 is 0 Å². The molecular weight excluding hydrogens is 220 g/mol. The van der Waals surface area contributed by atoms with Crippen molar-refractivity contribution in [1.82, 2.24) is 5.32 Å². The molecule has 0 aromatic heterocycles. The molecule has 6 heteroatoms. The van der Waals surface area contributed by atoms with Gasteiger partial charge in [0.05, 0.1) is 13.5 Å². The first-order valence-corrected chi connectivity index (χ1v) is 4.59. The number of methoxy groups -OCH3 is 1. The lowest BCUT2D eigenvalue weighted by atomic mass is 10.0. The van der Waals surface area contributed by atoms with Crippen LogP contribution >= 0.6 is 12.4 Å². The topological polar surface area (TPSA) is 81.4 Å². The Labute approximate surface area is 96.1 Å². The summed E-state index contributed by atoms with van der Waals surface area (Å²) < 4.78 is 4.43. The largest absolute Gasteiger partial charge is 0.469 e. The summed E-state index contributed by atoms with van der Waals surface area (Å²) in [5.41, 5.74) is 5.54. The second kappa shape index (κ2) is 8.49. The number of halogens is 1. The molecule has 0 bridgehead atoms. The van der Waals surface area contributed by atoms with Crippen LogP contribution in [0.2, 0.25) is 0 Å². The average molecular weight is 239 g/mol. The molecule has 2 unspecified atom stereocenters. The second-order valence-corrected chi connectivity index (χ2v) is 3.26. The van der Waals surface area contributed by atoms with Gasteiger partial charge in [-0.15, -0.1) is 12.4 Å². The number of esters is 1. The van der Waals surface area contributed by atoms with Crippen LogP contribution in [-0.2, 0) is 14.3 Å². The Morgan fingerprint density at radius 1 is 1.40 bits per heavy atom. The maximum Gasteiger partial charge on any atom is 0.307 e. The summed E-state index contributed by atoms with van der Waals surface area (Å²) in [6.07, 6.45) is 0.188. The van der Waals surface area contributed by atoms with Crippen molar-refractivity contribution in [2.75, 3.05) is 13.7 Å². The van der Waals surface area contributed by atoms with Gasteiger partial charge in [-0.3, -0.25) is 9.59 Å². The van der Waals surface area contributed by atoms with Gasteiger partial charge in [0.2, 0.25) is 5.91 Å². The standard InChI is InChI=1S/C9H18N2O3.ClH/c1-6(7(2)10)9(13)11-5-4-8(12)14-3;/h6-7H,4-5,10H2,1-3H3,(H,11,13);1H. The van der Waals surface area contributed by atoms with E-state index in [9.17, 15) is 9.59 Å². The van der Waals surface area contributed by atoms with Crippen molar-refractivity contribution in [3.05, 3.63) is 0 Å². The highest BCUT2D eigenvalue weighted by molar-refractivity contribution is 5.85. The Morgan fingerprint density at radius 3 is 2.33 bits per heavy atom. The highest BCUT2D eigenvalue weighted by Crippen LogP contribution is 1.98. The molecule has 0 fully saturated rings. The summed E-state index contributed by atoms with van der Waals surface area (Å²) in [6, 6.07) is -0.187. The van der Waals surface area contributed by atoms with E-state index in [0.29, 0.717) is 6.54 Å². The molecule has 15 heavy (non-hydrogen) atoms. The van der Waals surface area contributed by atoms with Crippen LogP contribution in [0.1, 0.15) is 20.3 Å². The minimum absolute atomic E-state index is 0. The minimum Gasteiger partial charge on any atom is -0.469 e. The molecule has 1 amide bonds. The van der Waals surface area contributed by atoms with E-state index in [1.54, 1.807) is 13.8 Å². The first-order chi connectivity index (χ1) is 6.49. The van der Waals surface area contributed by atoms with E-state index in [4.69, 9.17) is 5.73 Å². The Hall–Kier alpha value is -0.810. The minimum atomic E-state index is -0.334. The zero-order chi connectivity index (χ0) is 11.1. The van der Waals surface area contributed by atoms with Gasteiger partial charge in [0, 0.05) is 18.5 Å². The summed E-state index contributed by atoms with van der Waals surface area (Å²) in [6.45, 7) is 3.81. The third-order valence-corrected chi connectivity index (χ3v) is 2.06. The van der Waals surface area contributed by atoms with Crippen molar-refractivity contribution in [1.29, 1.82) is 0 Å². The van der Waals surface area contributed by atoms with Gasteiger partial charge in [-0.25, -0.2) is 0 Å². The van der Waals surface area contributed by atoms with E-state index in [0.717, 1.165) is 0 Å². The molecule has 0 aliphatic rings. The number of carbonyl (C=O) groups is 2. The van der Waals surface area contributed by atoms with Crippen LogP contribution in [0.4, 0.5) is 0 Å². The fraction of sp³-hybridized carbons (Fsp3) is 0.778. The number of carbonyl (C=O) groups excluding carboxylic acids is 2. The van der Waals surface area contributed by atoms with Gasteiger partial charge >= 0.3 is 5.97 Å². The third kappa shape index (κ3) is 7.16. The number of rotatable bonds is 5. The normalized spacial score (nSPS) is 13.3. The van der Waals surface area contributed by atoms with Crippen LogP contribution in [0, 0.1) is 5.92 Å². The van der Waals surface area contributed by atoms with Gasteiger partial charge in [-0.2, -0.15) is 0 Å². The average Bonchev–Trinajstić information content (AvgIpc) is 2.15. The van der Waals surface area contributed by atoms with Crippen LogP contribution in [0.15, 0.2) is 0 Å². The Kier molecular flexibility index (Phi) is 9.41. The molecule has 90 valence electrons. The molecule has 0 aliphatic carbocycles. The van der Waals surface area contributed by atoms with Crippen LogP contribution in [0.3, 0.4) is 0 Å². The zero-order valence-corrected chi connectivity index (χ0v) is 10.1. The van der Waals surface area contributed by atoms with E-state index in [1.165, 1.54) is 7.11 Å². The molecule has 3 N–H and O–H groups in total. The molecule has 0 saturated carbocycles. The SMILES string of the molecule is COC(=O)CCNC(=O)C(C)C(C)N.Cl. The molecule has 0 spiro atoms. The van der Waals surface area contributed by atoms with Gasteiger partial charge in [-0.1, -0.05) is 6.92 Å². The van der Waals surface area contributed by atoms with E-state index in [-0.39, 0.29) is 42.7 Å². The van der Waals surface area contributed by atoms with Crippen LogP contribution < -0.4 is 11.1 Å². The lowest BCUT2D eigenvalue weighted by Gasteiger charge is -2.14. The van der Waals surface area contributed by atoms with Crippen molar-refractivity contribution in [2.24, 2.45) is 11.7 Å². The van der Waals surface area contributed by atoms with Crippen molar-refractivity contribution >= 4 is 24.3 Å². The maximum absolute atomic E-state index is 11.3. The van der Waals surface area contributed by atoms with Gasteiger partial charge in [0.1, 0.15) is 0 Å². The highest BCUT2D eigenvalue weighted by atomic mass is 35.5. The predicted octanol–water partition coefficient (Wildman–Crippen LogP) is 0.0708. The molecule has 0 saturated heterocycles. The van der Waals surface area contributed by atoms with Crippen LogP contribution in [-0.4, -0.2) is 31.6 Å². The van der Waals surface area contributed by atoms with Gasteiger partial charge in [-0.05, 0) is 6.92 Å². The Morgan fingerprint density at radius 2 is 1.93 bits per heavy atom. The summed E-state index contributed by atoms with van der Waals surface area (Å²) >= 11 is 0. The van der Waals surface area contributed by atoms with Gasteiger partial charge in [0.25, 0.3) is 0 Å². The number of ether oxygens (including phenoxy) is 1. The molecule has 0 aromatic carbocycles. The summed E-state index contributed by atoms with van der Waals surface area (Å²) in [5, 5.41) is 2.61. The first kappa shape index (κ1) is 16.6. The van der Waals surface area contributed by atoms with Gasteiger partial charge < -0.3 is 15.8 Å². The number of hydrogen-bond donors (Lipinski definition) is 2. The third-order valence-electron chi connectivity index (χ3n) is 2.06. The monoisotopic (exact) mass is 238 g/mol. The number of hydrogen-bond acceptors (Lipinski definition) is 4. The molecule has 0 heterocycles. The van der Waals surface area contributed by atoms with Crippen molar-refractivity contribution < 1.29 is 14.3 Å². The summed E-state index contributed by atoms with van der Waals surface area (Å²) in [4.78, 5) is 22.0. The lowest BCUT2D eigenvalue weighted by Crippen LogP contribution is -2.39. The molecule has 0 aromatic rings. The second-order valence-electron chi connectivity index (χ2n) is 3.26. The van der Waals surface area contributed by atoms with Crippen molar-refractivity contribution in [3.63, 3.8) is 0 Å². The zero-order valence-electron chi connectivity index (χ0n) is 9.28. The molecule has 0 rings (SSSR count). The molecule has 2 atom stereocenters. The van der Waals surface area contributed by atoms with E-state index in [1.807, 2.05) is 0 Å². The fourth-order valence-electron chi connectivity index (χ4n) is 0.790. The lowest BCUT2D eigenvalue weighted by molar-refractivity contribution is -0.140. The number of amides is 1. The van der Waals surface area contributed by atoms with Crippen molar-refractivity contribution in [2.45, 2.75) is 26.3 Å². The van der Waals surface area contributed by atoms with Gasteiger partial charge in [0.15, 0.2) is 0 Å². The molecule has 0 radical (unpaired) electrons. The summed E-state index contributed by atoms with van der Waals surface area (Å²) in [7, 11) is 1.31. The number of nitrogens with one attached hydrogen (secondary N) is 1. The first-order valence-electron chi connectivity index (χ1n) is 4.59. The molecule has 5 nitrogen and oxygen atoms in total.